The van der Waals surface area contributed by atoms with E-state index in [1.165, 1.54) is 19.3 Å². The molecule has 4 rings (SSSR count). The summed E-state index contributed by atoms with van der Waals surface area (Å²) in [5, 5.41) is 0. The van der Waals surface area contributed by atoms with Gasteiger partial charge in [0.1, 0.15) is 0 Å². The lowest BCUT2D eigenvalue weighted by atomic mass is 9.49. The van der Waals surface area contributed by atoms with Gasteiger partial charge in [-0.3, -0.25) is 4.79 Å². The van der Waals surface area contributed by atoms with Gasteiger partial charge in [0, 0.05) is 6.92 Å². The number of unbranched alkanes of at least 4 members (excludes halogenated alkanes) is 5. The standard InChI is InChI=1S/C22H34F2O4/c1-21(23,24)19(25)27-8-6-4-2-3-5-7-9-28-20(26)22-13-16-10-17(14-22)12-18(11-16)15-22/h16-18H,2-15H2,1H3. The first-order chi connectivity index (χ1) is 13.3. The third-order valence-corrected chi connectivity index (χ3v) is 6.83. The SMILES string of the molecule is CC(F)(F)C(=O)OCCCCCCCCOC(=O)C12CC3CC(CC(C3)C1)C2. The molecule has 4 aliphatic carbocycles. The fourth-order valence-corrected chi connectivity index (χ4v) is 5.88. The van der Waals surface area contributed by atoms with Crippen molar-refractivity contribution in [3.05, 3.63) is 0 Å². The van der Waals surface area contributed by atoms with Gasteiger partial charge in [-0.2, -0.15) is 8.78 Å². The van der Waals surface area contributed by atoms with E-state index < -0.39 is 11.9 Å². The largest absolute Gasteiger partial charge is 0.465 e. The van der Waals surface area contributed by atoms with Crippen molar-refractivity contribution in [3.63, 3.8) is 0 Å². The lowest BCUT2D eigenvalue weighted by molar-refractivity contribution is -0.171. The van der Waals surface area contributed by atoms with Crippen LogP contribution in [0.5, 0.6) is 0 Å². The van der Waals surface area contributed by atoms with E-state index in [0.717, 1.165) is 69.1 Å². The smallest absolute Gasteiger partial charge is 0.376 e. The van der Waals surface area contributed by atoms with Crippen molar-refractivity contribution in [3.8, 4) is 0 Å². The summed E-state index contributed by atoms with van der Waals surface area (Å²) in [7, 11) is 0. The molecule has 4 aliphatic rings. The first-order valence-electron chi connectivity index (χ1n) is 11.0. The molecule has 4 nitrogen and oxygen atoms in total. The third-order valence-electron chi connectivity index (χ3n) is 6.83. The third kappa shape index (κ3) is 5.44. The molecule has 4 fully saturated rings. The van der Waals surface area contributed by atoms with Crippen molar-refractivity contribution < 1.29 is 27.8 Å². The maximum atomic E-state index is 12.7. The Labute approximate surface area is 166 Å². The molecule has 0 saturated heterocycles. The zero-order valence-electron chi connectivity index (χ0n) is 17.0. The van der Waals surface area contributed by atoms with Crippen LogP contribution in [0, 0.1) is 23.2 Å². The Hall–Kier alpha value is -1.20. The maximum absolute atomic E-state index is 12.7. The van der Waals surface area contributed by atoms with E-state index in [4.69, 9.17) is 4.74 Å². The predicted octanol–water partition coefficient (Wildman–Crippen LogP) is 5.29. The van der Waals surface area contributed by atoms with Crippen molar-refractivity contribution in [1.29, 1.82) is 0 Å². The number of carbonyl (C=O) groups is 2. The predicted molar refractivity (Wildman–Crippen MR) is 101 cm³/mol. The Balaban J connectivity index is 1.20. The highest BCUT2D eigenvalue weighted by Crippen LogP contribution is 2.60. The molecule has 0 spiro atoms. The molecule has 0 aliphatic heterocycles. The molecule has 4 saturated carbocycles. The highest BCUT2D eigenvalue weighted by atomic mass is 19.3. The quantitative estimate of drug-likeness (QED) is 0.349. The van der Waals surface area contributed by atoms with Crippen molar-refractivity contribution in [2.45, 2.75) is 89.9 Å². The van der Waals surface area contributed by atoms with E-state index in [2.05, 4.69) is 4.74 Å². The average molecular weight is 401 g/mol. The van der Waals surface area contributed by atoms with Crippen molar-refractivity contribution >= 4 is 11.9 Å². The Kier molecular flexibility index (Phi) is 6.98. The molecule has 0 aromatic heterocycles. The van der Waals surface area contributed by atoms with Crippen molar-refractivity contribution in [1.82, 2.24) is 0 Å². The lowest BCUT2D eigenvalue weighted by Gasteiger charge is -2.55. The van der Waals surface area contributed by atoms with Crippen molar-refractivity contribution in [2.24, 2.45) is 23.2 Å². The fraction of sp³-hybridized carbons (Fsp3) is 0.909. The molecule has 0 unspecified atom stereocenters. The number of halogens is 2. The van der Waals surface area contributed by atoms with Gasteiger partial charge in [0.25, 0.3) is 0 Å². The molecule has 0 aromatic rings. The number of hydrogen-bond acceptors (Lipinski definition) is 4. The van der Waals surface area contributed by atoms with Gasteiger partial charge in [-0.15, -0.1) is 0 Å². The fourth-order valence-electron chi connectivity index (χ4n) is 5.88. The molecule has 4 bridgehead atoms. The van der Waals surface area contributed by atoms with Crippen LogP contribution in [0.4, 0.5) is 8.78 Å². The van der Waals surface area contributed by atoms with Gasteiger partial charge < -0.3 is 9.47 Å². The molecule has 0 radical (unpaired) electrons. The van der Waals surface area contributed by atoms with Gasteiger partial charge in [0.15, 0.2) is 0 Å². The Morgan fingerprint density at radius 1 is 0.821 bits per heavy atom. The monoisotopic (exact) mass is 400 g/mol. The number of alkyl halides is 2. The topological polar surface area (TPSA) is 52.6 Å². The molecule has 160 valence electrons. The van der Waals surface area contributed by atoms with E-state index >= 15 is 0 Å². The van der Waals surface area contributed by atoms with Crippen LogP contribution in [-0.4, -0.2) is 31.1 Å². The molecule has 0 amide bonds. The number of hydrogen-bond donors (Lipinski definition) is 0. The molecule has 6 heteroatoms. The van der Waals surface area contributed by atoms with E-state index in [1.54, 1.807) is 0 Å². The Morgan fingerprint density at radius 3 is 1.71 bits per heavy atom. The number of rotatable bonds is 11. The minimum atomic E-state index is -3.41. The number of esters is 2. The van der Waals surface area contributed by atoms with Crippen molar-refractivity contribution in [2.75, 3.05) is 13.2 Å². The zero-order valence-corrected chi connectivity index (χ0v) is 17.0. The molecule has 0 heterocycles. The second-order valence-corrected chi connectivity index (χ2v) is 9.48. The first-order valence-corrected chi connectivity index (χ1v) is 11.0. The Morgan fingerprint density at radius 2 is 1.25 bits per heavy atom. The summed E-state index contributed by atoms with van der Waals surface area (Å²) in [6.07, 6.45) is 12.4. The summed E-state index contributed by atoms with van der Waals surface area (Å²) in [4.78, 5) is 23.6. The molecule has 0 N–H and O–H groups in total. The summed E-state index contributed by atoms with van der Waals surface area (Å²) >= 11 is 0. The summed E-state index contributed by atoms with van der Waals surface area (Å²) in [5.74, 6) is -2.55. The van der Waals surface area contributed by atoms with Crippen LogP contribution in [0.15, 0.2) is 0 Å². The van der Waals surface area contributed by atoms with Crippen LogP contribution >= 0.6 is 0 Å². The van der Waals surface area contributed by atoms with Gasteiger partial charge in [0.05, 0.1) is 18.6 Å². The lowest BCUT2D eigenvalue weighted by Crippen LogP contribution is -2.50. The maximum Gasteiger partial charge on any atom is 0.376 e. The molecular weight excluding hydrogens is 366 g/mol. The zero-order chi connectivity index (χ0) is 20.2. The van der Waals surface area contributed by atoms with Crippen LogP contribution in [-0.2, 0) is 19.1 Å². The first kappa shape index (κ1) is 21.5. The summed E-state index contributed by atoms with van der Waals surface area (Å²) in [6, 6.07) is 0. The highest BCUT2D eigenvalue weighted by Gasteiger charge is 2.55. The van der Waals surface area contributed by atoms with Gasteiger partial charge in [-0.25, -0.2) is 4.79 Å². The van der Waals surface area contributed by atoms with Crippen LogP contribution in [0.25, 0.3) is 0 Å². The Bertz CT molecular complexity index is 520. The summed E-state index contributed by atoms with van der Waals surface area (Å²) < 4.78 is 35.4. The number of carbonyl (C=O) groups excluding carboxylic acids is 2. The number of ether oxygens (including phenoxy) is 2. The minimum absolute atomic E-state index is 0.0466. The van der Waals surface area contributed by atoms with E-state index in [9.17, 15) is 18.4 Å². The second-order valence-electron chi connectivity index (χ2n) is 9.48. The van der Waals surface area contributed by atoms with Crippen LogP contribution < -0.4 is 0 Å². The molecule has 0 aromatic carbocycles. The minimum Gasteiger partial charge on any atom is -0.465 e. The van der Waals surface area contributed by atoms with Gasteiger partial charge in [-0.1, -0.05) is 25.7 Å². The van der Waals surface area contributed by atoms with Crippen LogP contribution in [0.1, 0.15) is 84.0 Å². The normalized spacial score (nSPS) is 31.0. The average Bonchev–Trinajstić information content (AvgIpc) is 2.60. The summed E-state index contributed by atoms with van der Waals surface area (Å²) in [5.41, 5.74) is -0.165. The van der Waals surface area contributed by atoms with Gasteiger partial charge in [-0.05, 0) is 69.1 Å². The van der Waals surface area contributed by atoms with E-state index in [-0.39, 0.29) is 18.0 Å². The van der Waals surface area contributed by atoms with Crippen LogP contribution in [0.3, 0.4) is 0 Å². The van der Waals surface area contributed by atoms with Crippen LogP contribution in [0.2, 0.25) is 0 Å². The molecule has 28 heavy (non-hydrogen) atoms. The molecule has 0 atom stereocenters. The van der Waals surface area contributed by atoms with E-state index in [0.29, 0.717) is 20.0 Å². The summed E-state index contributed by atoms with van der Waals surface area (Å²) in [6.45, 7) is 1.10. The van der Waals surface area contributed by atoms with E-state index in [1.807, 2.05) is 0 Å². The molecular formula is C22H34F2O4. The highest BCUT2D eigenvalue weighted by molar-refractivity contribution is 5.77. The van der Waals surface area contributed by atoms with Gasteiger partial charge >= 0.3 is 17.9 Å². The van der Waals surface area contributed by atoms with Gasteiger partial charge in [0.2, 0.25) is 0 Å². The second kappa shape index (κ2) is 9.08.